The van der Waals surface area contributed by atoms with Crippen molar-refractivity contribution in [3.63, 3.8) is 0 Å². The first-order valence-electron chi connectivity index (χ1n) is 6.57. The van der Waals surface area contributed by atoms with Crippen LogP contribution >= 0.6 is 15.9 Å². The highest BCUT2D eigenvalue weighted by atomic mass is 79.9. The van der Waals surface area contributed by atoms with Crippen LogP contribution in [0, 0.1) is 6.92 Å². The Morgan fingerprint density at radius 2 is 1.86 bits per heavy atom. The van der Waals surface area contributed by atoms with Gasteiger partial charge in [0.1, 0.15) is 11.5 Å². The van der Waals surface area contributed by atoms with Gasteiger partial charge in [-0.25, -0.2) is 0 Å². The predicted octanol–water partition coefficient (Wildman–Crippen LogP) is 3.80. The Kier molecular flexibility index (Phi) is 3.51. The Morgan fingerprint density at radius 3 is 2.52 bits per heavy atom. The third kappa shape index (κ3) is 2.45. The molecule has 0 bridgehead atoms. The fourth-order valence-corrected chi connectivity index (χ4v) is 2.90. The number of hydrogen-bond acceptors (Lipinski definition) is 3. The Morgan fingerprint density at radius 1 is 1.14 bits per heavy atom. The second-order valence-corrected chi connectivity index (χ2v) is 5.84. The predicted molar refractivity (Wildman–Crippen MR) is 88.7 cm³/mol. The van der Waals surface area contributed by atoms with Gasteiger partial charge in [-0.2, -0.15) is 5.10 Å². The van der Waals surface area contributed by atoms with Crippen LogP contribution < -0.4 is 5.73 Å². The van der Waals surface area contributed by atoms with E-state index in [1.807, 2.05) is 25.2 Å². The first kappa shape index (κ1) is 13.8. The van der Waals surface area contributed by atoms with Crippen LogP contribution in [0.5, 0.6) is 0 Å². The maximum absolute atomic E-state index is 6.22. The summed E-state index contributed by atoms with van der Waals surface area (Å²) >= 11 is 3.49. The lowest BCUT2D eigenvalue weighted by Gasteiger charge is -2.07. The summed E-state index contributed by atoms with van der Waals surface area (Å²) in [5, 5.41) is 4.60. The molecule has 5 heteroatoms. The summed E-state index contributed by atoms with van der Waals surface area (Å²) in [7, 11) is 1.86. The van der Waals surface area contributed by atoms with Gasteiger partial charge in [0.15, 0.2) is 0 Å². The van der Waals surface area contributed by atoms with E-state index in [1.54, 1.807) is 17.1 Å². The van der Waals surface area contributed by atoms with Crippen LogP contribution in [0.4, 0.5) is 5.82 Å². The van der Waals surface area contributed by atoms with Crippen molar-refractivity contribution >= 4 is 21.7 Å². The third-order valence-corrected chi connectivity index (χ3v) is 4.00. The molecule has 0 fully saturated rings. The summed E-state index contributed by atoms with van der Waals surface area (Å²) in [5.41, 5.74) is 11.3. The Bertz CT molecular complexity index is 794. The van der Waals surface area contributed by atoms with Crippen LogP contribution in [-0.4, -0.2) is 14.8 Å². The number of nitrogens with two attached hydrogens (primary N) is 1. The lowest BCUT2D eigenvalue weighted by molar-refractivity contribution is 0.782. The van der Waals surface area contributed by atoms with Crippen molar-refractivity contribution in [1.82, 2.24) is 14.8 Å². The topological polar surface area (TPSA) is 56.7 Å². The first-order chi connectivity index (χ1) is 10.1. The zero-order valence-electron chi connectivity index (χ0n) is 11.8. The summed E-state index contributed by atoms with van der Waals surface area (Å²) in [6.45, 7) is 2.07. The van der Waals surface area contributed by atoms with Gasteiger partial charge < -0.3 is 5.73 Å². The second-order valence-electron chi connectivity index (χ2n) is 4.93. The van der Waals surface area contributed by atoms with Gasteiger partial charge >= 0.3 is 0 Å². The minimum Gasteiger partial charge on any atom is -0.383 e. The first-order valence-corrected chi connectivity index (χ1v) is 7.36. The fourth-order valence-electron chi connectivity index (χ4n) is 2.42. The molecule has 2 heterocycles. The van der Waals surface area contributed by atoms with Crippen LogP contribution in [0.2, 0.25) is 0 Å². The molecule has 0 aliphatic rings. The second kappa shape index (κ2) is 5.33. The molecule has 0 amide bonds. The van der Waals surface area contributed by atoms with Gasteiger partial charge in [-0.15, -0.1) is 0 Å². The van der Waals surface area contributed by atoms with Crippen LogP contribution in [-0.2, 0) is 7.05 Å². The van der Waals surface area contributed by atoms with Crippen molar-refractivity contribution in [3.8, 4) is 22.4 Å². The summed E-state index contributed by atoms with van der Waals surface area (Å²) in [5.74, 6) is 0.651. The molecule has 3 rings (SSSR count). The lowest BCUT2D eigenvalue weighted by Crippen LogP contribution is -1.97. The van der Waals surface area contributed by atoms with Gasteiger partial charge in [0.05, 0.1) is 5.56 Å². The van der Waals surface area contributed by atoms with Gasteiger partial charge in [-0.3, -0.25) is 9.67 Å². The largest absolute Gasteiger partial charge is 0.383 e. The molecule has 106 valence electrons. The molecule has 1 aromatic carbocycles. The van der Waals surface area contributed by atoms with Crippen molar-refractivity contribution in [3.05, 3.63) is 52.8 Å². The van der Waals surface area contributed by atoms with Gasteiger partial charge in [-0.05, 0) is 42.3 Å². The molecule has 0 radical (unpaired) electrons. The van der Waals surface area contributed by atoms with Gasteiger partial charge in [0.2, 0.25) is 0 Å². The molecule has 0 spiro atoms. The van der Waals surface area contributed by atoms with E-state index in [0.717, 1.165) is 32.4 Å². The number of pyridine rings is 1. The average molecular weight is 343 g/mol. The summed E-state index contributed by atoms with van der Waals surface area (Å²) in [6.07, 6.45) is 3.53. The van der Waals surface area contributed by atoms with Crippen LogP contribution in [0.3, 0.4) is 0 Å². The zero-order chi connectivity index (χ0) is 15.0. The number of nitrogens with zero attached hydrogens (tertiary/aromatic N) is 3. The molecule has 0 aliphatic carbocycles. The minimum absolute atomic E-state index is 0.651. The van der Waals surface area contributed by atoms with E-state index in [4.69, 9.17) is 5.73 Å². The van der Waals surface area contributed by atoms with E-state index in [9.17, 15) is 0 Å². The number of nitrogen functional groups attached to an aromatic ring is 1. The maximum atomic E-state index is 6.22. The number of rotatable bonds is 2. The highest BCUT2D eigenvalue weighted by molar-refractivity contribution is 9.10. The lowest BCUT2D eigenvalue weighted by atomic mass is 9.99. The van der Waals surface area contributed by atoms with Crippen LogP contribution in [0.1, 0.15) is 5.56 Å². The number of anilines is 1. The van der Waals surface area contributed by atoms with E-state index in [0.29, 0.717) is 5.82 Å². The van der Waals surface area contributed by atoms with E-state index < -0.39 is 0 Å². The van der Waals surface area contributed by atoms with E-state index in [-0.39, 0.29) is 0 Å². The number of aryl methyl sites for hydroxylation is 2. The normalized spacial score (nSPS) is 10.8. The SMILES string of the molecule is Cc1cc(Br)ccc1-c1nn(C)c(N)c1-c1ccncc1. The number of aromatic nitrogens is 3. The van der Waals surface area contributed by atoms with Crippen molar-refractivity contribution in [2.24, 2.45) is 7.05 Å². The van der Waals surface area contributed by atoms with E-state index in [2.05, 4.69) is 45.1 Å². The average Bonchev–Trinajstić information content (AvgIpc) is 2.75. The Labute approximate surface area is 131 Å². The van der Waals surface area contributed by atoms with Gasteiger partial charge in [0.25, 0.3) is 0 Å². The van der Waals surface area contributed by atoms with Crippen LogP contribution in [0.15, 0.2) is 47.2 Å². The molecule has 2 aromatic heterocycles. The highest BCUT2D eigenvalue weighted by Gasteiger charge is 2.18. The molecular weight excluding hydrogens is 328 g/mol. The number of benzene rings is 1. The Hall–Kier alpha value is -2.14. The van der Waals surface area contributed by atoms with E-state index in [1.165, 1.54) is 0 Å². The molecule has 0 aliphatic heterocycles. The molecule has 0 atom stereocenters. The molecule has 3 aromatic rings. The van der Waals surface area contributed by atoms with Crippen molar-refractivity contribution in [2.45, 2.75) is 6.92 Å². The van der Waals surface area contributed by atoms with E-state index >= 15 is 0 Å². The molecule has 0 unspecified atom stereocenters. The molecule has 0 saturated heterocycles. The van der Waals surface area contributed by atoms with Crippen molar-refractivity contribution < 1.29 is 0 Å². The monoisotopic (exact) mass is 342 g/mol. The molecule has 0 saturated carbocycles. The zero-order valence-corrected chi connectivity index (χ0v) is 13.4. The summed E-state index contributed by atoms with van der Waals surface area (Å²) < 4.78 is 2.77. The minimum atomic E-state index is 0.651. The van der Waals surface area contributed by atoms with Crippen molar-refractivity contribution in [1.29, 1.82) is 0 Å². The fraction of sp³-hybridized carbons (Fsp3) is 0.125. The standard InChI is InChI=1S/C16H15BrN4/c1-10-9-12(17)3-4-13(10)15-14(16(18)21(2)20-15)11-5-7-19-8-6-11/h3-9H,18H2,1-2H3. The third-order valence-electron chi connectivity index (χ3n) is 3.50. The quantitative estimate of drug-likeness (QED) is 0.770. The Balaban J connectivity index is 2.27. The highest BCUT2D eigenvalue weighted by Crippen LogP contribution is 2.37. The van der Waals surface area contributed by atoms with Gasteiger partial charge in [-0.1, -0.05) is 22.0 Å². The molecular formula is C16H15BrN4. The van der Waals surface area contributed by atoms with Crippen molar-refractivity contribution in [2.75, 3.05) is 5.73 Å². The molecule has 21 heavy (non-hydrogen) atoms. The number of hydrogen-bond donors (Lipinski definition) is 1. The van der Waals surface area contributed by atoms with Crippen LogP contribution in [0.25, 0.3) is 22.4 Å². The molecule has 4 nitrogen and oxygen atoms in total. The maximum Gasteiger partial charge on any atom is 0.129 e. The number of halogens is 1. The molecule has 2 N–H and O–H groups in total. The summed E-state index contributed by atoms with van der Waals surface area (Å²) in [6, 6.07) is 10.1. The van der Waals surface area contributed by atoms with Gasteiger partial charge in [0, 0.05) is 29.5 Å². The smallest absolute Gasteiger partial charge is 0.129 e. The summed E-state index contributed by atoms with van der Waals surface area (Å²) in [4.78, 5) is 4.06.